The monoisotopic (exact) mass is 253 g/mol. The highest BCUT2D eigenvalue weighted by Gasteiger charge is 2.38. The first-order valence-corrected chi connectivity index (χ1v) is 6.74. The largest absolute Gasteiger partial charge is 0.296 e. The molecule has 0 radical (unpaired) electrons. The Morgan fingerprint density at radius 3 is 2.39 bits per heavy atom. The molecule has 5 nitrogen and oxygen atoms in total. The second-order valence-electron chi connectivity index (χ2n) is 4.86. The van der Waals surface area contributed by atoms with Crippen molar-refractivity contribution in [2.45, 2.75) is 45.7 Å². The first kappa shape index (κ1) is 15.1. The maximum absolute atomic E-state index is 5.82. The minimum Gasteiger partial charge on any atom is -0.296 e. The lowest BCUT2D eigenvalue weighted by atomic mass is 9.85. The Kier molecular flexibility index (Phi) is 5.31. The van der Waals surface area contributed by atoms with Crippen LogP contribution in [0.15, 0.2) is 12.3 Å². The first-order chi connectivity index (χ1) is 8.54. The van der Waals surface area contributed by atoms with Crippen molar-refractivity contribution < 1.29 is 0 Å². The molecular formula is C13H27N5. The van der Waals surface area contributed by atoms with Gasteiger partial charge in [0, 0.05) is 18.8 Å². The van der Waals surface area contributed by atoms with Crippen molar-refractivity contribution in [3.05, 3.63) is 18.0 Å². The van der Waals surface area contributed by atoms with Gasteiger partial charge in [-0.2, -0.15) is 5.10 Å². The van der Waals surface area contributed by atoms with Gasteiger partial charge >= 0.3 is 0 Å². The van der Waals surface area contributed by atoms with E-state index in [0.29, 0.717) is 0 Å². The molecule has 2 unspecified atom stereocenters. The van der Waals surface area contributed by atoms with Gasteiger partial charge in [0.2, 0.25) is 0 Å². The average Bonchev–Trinajstić information content (AvgIpc) is 2.78. The van der Waals surface area contributed by atoms with Crippen molar-refractivity contribution in [2.75, 3.05) is 13.1 Å². The molecule has 1 rings (SSSR count). The molecule has 5 heteroatoms. The van der Waals surface area contributed by atoms with Crippen molar-refractivity contribution in [3.63, 3.8) is 0 Å². The summed E-state index contributed by atoms with van der Waals surface area (Å²) in [6.45, 7) is 10.9. The number of hydrogen-bond donors (Lipinski definition) is 2. The van der Waals surface area contributed by atoms with Crippen LogP contribution in [-0.4, -0.2) is 33.3 Å². The van der Waals surface area contributed by atoms with Crippen LogP contribution in [0.1, 0.15) is 45.9 Å². The van der Waals surface area contributed by atoms with Gasteiger partial charge in [-0.3, -0.25) is 15.4 Å². The van der Waals surface area contributed by atoms with Crippen molar-refractivity contribution >= 4 is 0 Å². The molecule has 0 saturated heterocycles. The SMILES string of the molecule is CCN(CC)C(C)(CC)C(NN)c1ccnn1C. The van der Waals surface area contributed by atoms with E-state index in [0.717, 1.165) is 25.2 Å². The fourth-order valence-electron chi connectivity index (χ4n) is 2.81. The van der Waals surface area contributed by atoms with Gasteiger partial charge in [0.05, 0.1) is 11.7 Å². The van der Waals surface area contributed by atoms with Crippen molar-refractivity contribution in [2.24, 2.45) is 12.9 Å². The van der Waals surface area contributed by atoms with Gasteiger partial charge in [0.1, 0.15) is 0 Å². The molecule has 0 aliphatic heterocycles. The number of aromatic nitrogens is 2. The highest BCUT2D eigenvalue weighted by Crippen LogP contribution is 2.33. The molecule has 1 aromatic heterocycles. The molecule has 1 aromatic rings. The summed E-state index contributed by atoms with van der Waals surface area (Å²) < 4.78 is 1.89. The number of rotatable bonds is 7. The molecular weight excluding hydrogens is 226 g/mol. The summed E-state index contributed by atoms with van der Waals surface area (Å²) in [6, 6.07) is 2.09. The van der Waals surface area contributed by atoms with Crippen LogP contribution < -0.4 is 11.3 Å². The zero-order chi connectivity index (χ0) is 13.8. The number of hydrazine groups is 1. The summed E-state index contributed by atoms with van der Waals surface area (Å²) in [6.07, 6.45) is 2.84. The first-order valence-electron chi connectivity index (χ1n) is 6.74. The third kappa shape index (κ3) is 2.58. The Balaban J connectivity index is 3.14. The number of aryl methyl sites for hydroxylation is 1. The van der Waals surface area contributed by atoms with E-state index < -0.39 is 0 Å². The third-order valence-corrected chi connectivity index (χ3v) is 4.14. The van der Waals surface area contributed by atoms with Crippen LogP contribution in [0.3, 0.4) is 0 Å². The predicted octanol–water partition coefficient (Wildman–Crippen LogP) is 1.44. The van der Waals surface area contributed by atoms with Crippen molar-refractivity contribution in [1.29, 1.82) is 0 Å². The quantitative estimate of drug-likeness (QED) is 0.570. The lowest BCUT2D eigenvalue weighted by Crippen LogP contribution is -2.56. The number of nitrogens with one attached hydrogen (secondary N) is 1. The molecule has 18 heavy (non-hydrogen) atoms. The normalized spacial score (nSPS) is 16.8. The van der Waals surface area contributed by atoms with Crippen LogP contribution in [0, 0.1) is 0 Å². The molecule has 0 aromatic carbocycles. The Morgan fingerprint density at radius 1 is 1.44 bits per heavy atom. The van der Waals surface area contributed by atoms with Gasteiger partial charge in [-0.05, 0) is 32.5 Å². The van der Waals surface area contributed by atoms with Crippen LogP contribution in [0.5, 0.6) is 0 Å². The molecule has 104 valence electrons. The van der Waals surface area contributed by atoms with Crippen LogP contribution in [0.4, 0.5) is 0 Å². The van der Waals surface area contributed by atoms with Gasteiger partial charge in [-0.1, -0.05) is 20.8 Å². The number of hydrogen-bond acceptors (Lipinski definition) is 4. The zero-order valence-corrected chi connectivity index (χ0v) is 12.3. The molecule has 0 fully saturated rings. The van der Waals surface area contributed by atoms with E-state index in [9.17, 15) is 0 Å². The van der Waals surface area contributed by atoms with E-state index in [2.05, 4.69) is 43.1 Å². The molecule has 0 spiro atoms. The van der Waals surface area contributed by atoms with Crippen LogP contribution >= 0.6 is 0 Å². The maximum atomic E-state index is 5.82. The van der Waals surface area contributed by atoms with Gasteiger partial charge in [0.15, 0.2) is 0 Å². The molecule has 0 aliphatic carbocycles. The Labute approximate surface area is 110 Å². The molecule has 0 saturated carbocycles. The molecule has 0 aliphatic rings. The van der Waals surface area contributed by atoms with Crippen molar-refractivity contribution in [3.8, 4) is 0 Å². The number of nitrogens with zero attached hydrogens (tertiary/aromatic N) is 3. The highest BCUT2D eigenvalue weighted by atomic mass is 15.3. The van der Waals surface area contributed by atoms with Crippen LogP contribution in [-0.2, 0) is 7.05 Å². The van der Waals surface area contributed by atoms with E-state index in [1.807, 2.05) is 24.0 Å². The summed E-state index contributed by atoms with van der Waals surface area (Å²) in [7, 11) is 1.96. The van der Waals surface area contributed by atoms with E-state index >= 15 is 0 Å². The fourth-order valence-corrected chi connectivity index (χ4v) is 2.81. The molecule has 2 atom stereocenters. The van der Waals surface area contributed by atoms with Gasteiger partial charge < -0.3 is 0 Å². The topological polar surface area (TPSA) is 59.1 Å². The summed E-state index contributed by atoms with van der Waals surface area (Å²) >= 11 is 0. The fraction of sp³-hybridized carbons (Fsp3) is 0.769. The Hall–Kier alpha value is -0.910. The molecule has 1 heterocycles. The maximum Gasteiger partial charge on any atom is 0.0809 e. The number of likely N-dealkylation sites (N-methyl/N-ethyl adjacent to an activating group) is 1. The zero-order valence-electron chi connectivity index (χ0n) is 12.3. The van der Waals surface area contributed by atoms with Crippen LogP contribution in [0.2, 0.25) is 0 Å². The Morgan fingerprint density at radius 2 is 2.06 bits per heavy atom. The van der Waals surface area contributed by atoms with Gasteiger partial charge in [-0.15, -0.1) is 0 Å². The summed E-state index contributed by atoms with van der Waals surface area (Å²) in [5, 5.41) is 4.25. The Bertz CT molecular complexity index is 358. The van der Waals surface area contributed by atoms with Gasteiger partial charge in [0.25, 0.3) is 0 Å². The lowest BCUT2D eigenvalue weighted by molar-refractivity contribution is 0.0668. The summed E-state index contributed by atoms with van der Waals surface area (Å²) in [5.41, 5.74) is 4.08. The lowest BCUT2D eigenvalue weighted by Gasteiger charge is -2.45. The van der Waals surface area contributed by atoms with Gasteiger partial charge in [-0.25, -0.2) is 5.43 Å². The molecule has 0 bridgehead atoms. The van der Waals surface area contributed by atoms with E-state index in [1.54, 1.807) is 0 Å². The summed E-state index contributed by atoms with van der Waals surface area (Å²) in [4.78, 5) is 2.45. The minimum absolute atomic E-state index is 0.0218. The summed E-state index contributed by atoms with van der Waals surface area (Å²) in [5.74, 6) is 5.82. The predicted molar refractivity (Wildman–Crippen MR) is 74.9 cm³/mol. The van der Waals surface area contributed by atoms with E-state index in [4.69, 9.17) is 5.84 Å². The smallest absolute Gasteiger partial charge is 0.0809 e. The standard InChI is InChI=1S/C13H27N5/c1-6-13(4,18(7-2)8-3)12(16-14)11-9-10-15-17(11)5/h9-10,12,16H,6-8,14H2,1-5H3. The second-order valence-corrected chi connectivity index (χ2v) is 4.86. The van der Waals surface area contributed by atoms with Crippen molar-refractivity contribution in [1.82, 2.24) is 20.1 Å². The highest BCUT2D eigenvalue weighted by molar-refractivity contribution is 5.14. The average molecular weight is 253 g/mol. The minimum atomic E-state index is -0.0218. The third-order valence-electron chi connectivity index (χ3n) is 4.14. The van der Waals surface area contributed by atoms with Crippen LogP contribution in [0.25, 0.3) is 0 Å². The van der Waals surface area contributed by atoms with E-state index in [1.165, 1.54) is 0 Å². The molecule has 3 N–H and O–H groups in total. The number of nitrogens with two attached hydrogens (primary N) is 1. The molecule has 0 amide bonds. The second kappa shape index (κ2) is 6.31. The van der Waals surface area contributed by atoms with E-state index in [-0.39, 0.29) is 11.6 Å².